The van der Waals surface area contributed by atoms with E-state index in [1.54, 1.807) is 0 Å². The number of rotatable bonds is 1. The number of hydrogen-bond acceptors (Lipinski definition) is 3. The first-order valence-electron chi connectivity index (χ1n) is 6.34. The summed E-state index contributed by atoms with van der Waals surface area (Å²) in [5.74, 6) is 0. The molecule has 1 heterocycles. The second kappa shape index (κ2) is 4.42. The Balaban J connectivity index is 2.41. The Morgan fingerprint density at radius 2 is 1.57 bits per heavy atom. The minimum absolute atomic E-state index is 0.120. The monoisotopic (exact) mass is 389 g/mol. The summed E-state index contributed by atoms with van der Waals surface area (Å²) in [6, 6.07) is 15.0. The van der Waals surface area contributed by atoms with E-state index in [0.29, 0.717) is 20.1 Å². The maximum Gasteiger partial charge on any atom is 0.294 e. The van der Waals surface area contributed by atoms with E-state index >= 15 is 0 Å². The van der Waals surface area contributed by atoms with Crippen molar-refractivity contribution in [2.75, 3.05) is 0 Å². The van der Waals surface area contributed by atoms with Gasteiger partial charge in [0.1, 0.15) is 16.6 Å². The molecule has 0 amide bonds. The van der Waals surface area contributed by atoms with Gasteiger partial charge in [-0.25, -0.2) is 0 Å². The zero-order valence-corrected chi connectivity index (χ0v) is 12.8. The molecule has 3 aromatic carbocycles. The van der Waals surface area contributed by atoms with Gasteiger partial charge in [0, 0.05) is 16.2 Å². The van der Waals surface area contributed by atoms with Crippen molar-refractivity contribution >= 4 is 61.0 Å². The Bertz CT molecular complexity index is 1040. The lowest BCUT2D eigenvalue weighted by Crippen LogP contribution is -1.94. The number of nitro groups is 1. The van der Waals surface area contributed by atoms with Gasteiger partial charge in [-0.05, 0) is 28.7 Å². The summed E-state index contributed by atoms with van der Waals surface area (Å²) in [5, 5.41) is 14.7. The Hall–Kier alpha value is -2.15. The SMILES string of the molecule is O=[N+]([O-])c1c(I)c2ccccc2c2oc3ccccc3c12. The molecule has 4 nitrogen and oxygen atoms in total. The summed E-state index contributed by atoms with van der Waals surface area (Å²) in [5.41, 5.74) is 1.37. The molecule has 4 rings (SSSR count). The third kappa shape index (κ3) is 1.67. The number of furan rings is 1. The van der Waals surface area contributed by atoms with Crippen molar-refractivity contribution in [3.63, 3.8) is 0 Å². The van der Waals surface area contributed by atoms with Crippen molar-refractivity contribution in [3.8, 4) is 0 Å². The largest absolute Gasteiger partial charge is 0.455 e. The summed E-state index contributed by atoms with van der Waals surface area (Å²) < 4.78 is 6.55. The highest BCUT2D eigenvalue weighted by atomic mass is 127. The molecule has 0 bridgehead atoms. The topological polar surface area (TPSA) is 56.3 Å². The minimum atomic E-state index is -0.321. The van der Waals surface area contributed by atoms with Gasteiger partial charge in [-0.3, -0.25) is 10.1 Å². The molecule has 4 aromatic rings. The molecule has 0 aliphatic carbocycles. The number of para-hydroxylation sites is 1. The van der Waals surface area contributed by atoms with Crippen LogP contribution in [0.3, 0.4) is 0 Å². The number of benzene rings is 3. The Kier molecular flexibility index (Phi) is 2.65. The molecule has 5 heteroatoms. The highest BCUT2D eigenvalue weighted by Crippen LogP contribution is 2.43. The van der Waals surface area contributed by atoms with E-state index in [1.165, 1.54) is 0 Å². The van der Waals surface area contributed by atoms with Gasteiger partial charge in [-0.1, -0.05) is 42.5 Å². The van der Waals surface area contributed by atoms with Crippen molar-refractivity contribution < 1.29 is 9.34 Å². The Labute approximate surface area is 132 Å². The summed E-state index contributed by atoms with van der Waals surface area (Å²) in [7, 11) is 0. The van der Waals surface area contributed by atoms with E-state index in [4.69, 9.17) is 4.42 Å². The molecule has 0 aliphatic heterocycles. The van der Waals surface area contributed by atoms with Crippen molar-refractivity contribution in [2.45, 2.75) is 0 Å². The number of nitro benzene ring substituents is 1. The molecule has 1 aromatic heterocycles. The van der Waals surface area contributed by atoms with Crippen LogP contribution in [0, 0.1) is 13.7 Å². The average molecular weight is 389 g/mol. The van der Waals surface area contributed by atoms with Crippen LogP contribution >= 0.6 is 22.6 Å². The third-order valence-corrected chi connectivity index (χ3v) is 4.72. The number of fused-ring (bicyclic) bond motifs is 5. The molecule has 0 unspecified atom stereocenters. The van der Waals surface area contributed by atoms with Crippen molar-refractivity contribution in [1.29, 1.82) is 0 Å². The van der Waals surface area contributed by atoms with Crippen LogP contribution in [0.5, 0.6) is 0 Å². The molecular formula is C16H8INO3. The van der Waals surface area contributed by atoms with Gasteiger partial charge in [0.25, 0.3) is 5.69 Å². The molecule has 0 N–H and O–H groups in total. The minimum Gasteiger partial charge on any atom is -0.455 e. The lowest BCUT2D eigenvalue weighted by atomic mass is 10.0. The Morgan fingerprint density at radius 1 is 0.952 bits per heavy atom. The number of hydrogen-bond donors (Lipinski definition) is 0. The summed E-state index contributed by atoms with van der Waals surface area (Å²) >= 11 is 2.05. The van der Waals surface area contributed by atoms with Gasteiger partial charge in [-0.2, -0.15) is 0 Å². The molecule has 0 aliphatic rings. The van der Waals surface area contributed by atoms with Crippen molar-refractivity contribution in [1.82, 2.24) is 0 Å². The fraction of sp³-hybridized carbons (Fsp3) is 0. The van der Waals surface area contributed by atoms with E-state index < -0.39 is 0 Å². The van der Waals surface area contributed by atoms with E-state index in [1.807, 2.05) is 71.1 Å². The first kappa shape index (κ1) is 12.6. The van der Waals surface area contributed by atoms with Crippen LogP contribution in [0.2, 0.25) is 0 Å². The summed E-state index contributed by atoms with van der Waals surface area (Å²) in [4.78, 5) is 11.3. The standard InChI is InChI=1S/C16H8INO3/c17-14-9-5-1-2-6-10(9)16-13(15(14)18(19)20)11-7-3-4-8-12(11)21-16/h1-8H. The third-order valence-electron chi connectivity index (χ3n) is 3.63. The highest BCUT2D eigenvalue weighted by molar-refractivity contribution is 14.1. The van der Waals surface area contributed by atoms with Gasteiger partial charge in [-0.15, -0.1) is 0 Å². The fourth-order valence-corrected chi connectivity index (χ4v) is 3.69. The lowest BCUT2D eigenvalue weighted by molar-refractivity contribution is -0.383. The number of halogens is 1. The molecule has 0 radical (unpaired) electrons. The fourth-order valence-electron chi connectivity index (χ4n) is 2.75. The zero-order chi connectivity index (χ0) is 14.6. The van der Waals surface area contributed by atoms with Gasteiger partial charge >= 0.3 is 0 Å². The summed E-state index contributed by atoms with van der Waals surface area (Å²) in [6.07, 6.45) is 0. The Morgan fingerprint density at radius 3 is 2.29 bits per heavy atom. The quantitative estimate of drug-likeness (QED) is 0.254. The van der Waals surface area contributed by atoms with Gasteiger partial charge in [0.05, 0.1) is 8.49 Å². The lowest BCUT2D eigenvalue weighted by Gasteiger charge is -2.03. The van der Waals surface area contributed by atoms with Gasteiger partial charge in [0.2, 0.25) is 0 Å². The van der Waals surface area contributed by atoms with Crippen LogP contribution in [0.15, 0.2) is 52.9 Å². The smallest absolute Gasteiger partial charge is 0.294 e. The van der Waals surface area contributed by atoms with Crippen LogP contribution < -0.4 is 0 Å². The van der Waals surface area contributed by atoms with E-state index in [9.17, 15) is 10.1 Å². The maximum atomic E-state index is 11.6. The molecule has 0 fully saturated rings. The molecule has 21 heavy (non-hydrogen) atoms. The van der Waals surface area contributed by atoms with Crippen LogP contribution in [0.25, 0.3) is 32.7 Å². The molecule has 0 saturated carbocycles. The van der Waals surface area contributed by atoms with Crippen LogP contribution in [-0.4, -0.2) is 4.92 Å². The van der Waals surface area contributed by atoms with E-state index in [2.05, 4.69) is 0 Å². The van der Waals surface area contributed by atoms with Crippen molar-refractivity contribution in [3.05, 3.63) is 62.2 Å². The predicted octanol–water partition coefficient (Wildman–Crippen LogP) is 5.25. The predicted molar refractivity (Wildman–Crippen MR) is 90.6 cm³/mol. The molecule has 0 saturated heterocycles. The number of nitrogens with zero attached hydrogens (tertiary/aromatic N) is 1. The van der Waals surface area contributed by atoms with Crippen LogP contribution in [-0.2, 0) is 0 Å². The molecule has 0 atom stereocenters. The maximum absolute atomic E-state index is 11.6. The highest BCUT2D eigenvalue weighted by Gasteiger charge is 2.25. The van der Waals surface area contributed by atoms with Gasteiger partial charge in [0.15, 0.2) is 0 Å². The molecule has 0 spiro atoms. The van der Waals surface area contributed by atoms with E-state index in [0.717, 1.165) is 16.2 Å². The summed E-state index contributed by atoms with van der Waals surface area (Å²) in [6.45, 7) is 0. The van der Waals surface area contributed by atoms with Crippen LogP contribution in [0.4, 0.5) is 5.69 Å². The first-order valence-corrected chi connectivity index (χ1v) is 7.42. The van der Waals surface area contributed by atoms with E-state index in [-0.39, 0.29) is 10.6 Å². The second-order valence-electron chi connectivity index (χ2n) is 4.77. The second-order valence-corrected chi connectivity index (χ2v) is 5.85. The molecular weight excluding hydrogens is 381 g/mol. The van der Waals surface area contributed by atoms with Crippen molar-refractivity contribution in [2.24, 2.45) is 0 Å². The zero-order valence-electron chi connectivity index (χ0n) is 10.7. The first-order chi connectivity index (χ1) is 10.2. The van der Waals surface area contributed by atoms with Gasteiger partial charge < -0.3 is 4.42 Å². The normalized spacial score (nSPS) is 11.5. The van der Waals surface area contributed by atoms with Crippen LogP contribution in [0.1, 0.15) is 0 Å². The average Bonchev–Trinajstić information content (AvgIpc) is 2.87. The molecule has 102 valence electrons.